The standard InChI is InChI=1S/C24H28ClFO2.C16H22O2.C7H16.C4H10.C3H8/c1-8-14(2)22(27)21-12-16(4)23(28-21)18(24(5,6)7)11-15(3)17-9-10-19(25)20(26)13-17;1-5-7-8-10-13(3)11-12-15(16(17)18)14(4)9-6-2;1-5-6-7(2,3)4;1-3-4-2;1-3-2/h9-14H,3,8H2,1-2,4-7H3;11-12H,3,5-7,9H2,1-2,4H3,(H,17,18);5-6H2,1-4H3;3-4H2,1-2H3;3H2,1-2H3/b18-11+;12-11-,15-14+;;;. The molecule has 0 bridgehead atoms. The van der Waals surface area contributed by atoms with Crippen molar-refractivity contribution in [1.29, 1.82) is 0 Å². The number of Topliss-reactive ketones (excluding diaryl/α,β-unsaturated/α-hetero) is 1. The molecule has 0 spiro atoms. The average Bonchev–Trinajstić information content (AvgIpc) is 3.54. The van der Waals surface area contributed by atoms with Gasteiger partial charge in [-0.2, -0.15) is 0 Å². The van der Waals surface area contributed by atoms with Crippen LogP contribution in [0.15, 0.2) is 76.8 Å². The number of carboxylic acids is 1. The number of rotatable bonds is 14. The molecular formula is C54H84ClFO4. The van der Waals surface area contributed by atoms with Crippen molar-refractivity contribution in [2.45, 2.75) is 182 Å². The lowest BCUT2D eigenvalue weighted by molar-refractivity contribution is -0.132. The van der Waals surface area contributed by atoms with Crippen LogP contribution in [0.5, 0.6) is 0 Å². The van der Waals surface area contributed by atoms with Gasteiger partial charge in [-0.3, -0.25) is 4.79 Å². The summed E-state index contributed by atoms with van der Waals surface area (Å²) in [5.74, 6) is 5.45. The van der Waals surface area contributed by atoms with E-state index in [0.717, 1.165) is 48.8 Å². The quantitative estimate of drug-likeness (QED) is 0.0890. The maximum absolute atomic E-state index is 13.8. The lowest BCUT2D eigenvalue weighted by Crippen LogP contribution is -2.10. The van der Waals surface area contributed by atoms with Crippen molar-refractivity contribution in [2.75, 3.05) is 0 Å². The maximum atomic E-state index is 13.8. The second kappa shape index (κ2) is 32.8. The van der Waals surface area contributed by atoms with E-state index in [4.69, 9.17) is 21.1 Å². The second-order valence-corrected chi connectivity index (χ2v) is 17.8. The third kappa shape index (κ3) is 27.1. The molecule has 1 aromatic heterocycles. The van der Waals surface area contributed by atoms with Crippen LogP contribution >= 0.6 is 11.6 Å². The van der Waals surface area contributed by atoms with Crippen LogP contribution in [0.25, 0.3) is 11.1 Å². The van der Waals surface area contributed by atoms with Crippen molar-refractivity contribution in [3.05, 3.63) is 106 Å². The summed E-state index contributed by atoms with van der Waals surface area (Å²) < 4.78 is 19.9. The van der Waals surface area contributed by atoms with Crippen molar-refractivity contribution in [2.24, 2.45) is 16.7 Å². The molecule has 0 saturated heterocycles. The Hall–Kier alpha value is -3.88. The van der Waals surface area contributed by atoms with Gasteiger partial charge in [0.05, 0.1) is 10.6 Å². The normalized spacial score (nSPS) is 12.0. The number of carboxylic acid groups (broad SMARTS) is 1. The minimum atomic E-state index is -0.897. The number of allylic oxidation sites excluding steroid dienone is 6. The molecule has 2 rings (SSSR count). The molecule has 0 aliphatic heterocycles. The molecule has 1 unspecified atom stereocenters. The molecule has 1 N–H and O–H groups in total. The Bertz CT molecular complexity index is 1740. The summed E-state index contributed by atoms with van der Waals surface area (Å²) in [5.41, 5.74) is 5.23. The predicted octanol–water partition coefficient (Wildman–Crippen LogP) is 17.9. The zero-order valence-corrected chi connectivity index (χ0v) is 41.8. The van der Waals surface area contributed by atoms with Crippen LogP contribution in [0.2, 0.25) is 5.02 Å². The van der Waals surface area contributed by atoms with Crippen LogP contribution in [-0.4, -0.2) is 16.9 Å². The highest BCUT2D eigenvalue weighted by Gasteiger charge is 2.27. The largest absolute Gasteiger partial charge is 0.478 e. The Morgan fingerprint density at radius 1 is 0.900 bits per heavy atom. The number of carbonyl (C=O) groups is 2. The van der Waals surface area contributed by atoms with Crippen molar-refractivity contribution < 1.29 is 23.5 Å². The summed E-state index contributed by atoms with van der Waals surface area (Å²) in [6, 6.07) is 6.42. The number of hydrogen-bond acceptors (Lipinski definition) is 3. The first-order chi connectivity index (χ1) is 27.9. The monoisotopic (exact) mass is 851 g/mol. The zero-order valence-electron chi connectivity index (χ0n) is 41.0. The van der Waals surface area contributed by atoms with Gasteiger partial charge in [-0.15, -0.1) is 0 Å². The molecule has 1 aromatic carbocycles. The molecule has 0 aliphatic carbocycles. The van der Waals surface area contributed by atoms with Crippen LogP contribution in [0, 0.1) is 41.3 Å². The number of carbonyl (C=O) groups excluding carboxylic acids is 1. The number of ketones is 1. The SMILES string of the molecule is C=C(/C=C(\c1oc(C(=O)C(C)CC)cc1C)C(C)(C)C)c1ccc(Cl)c(F)c1.C=C(C#CCCC)/C=C\C(C(=O)O)=C(\C)CCC.CCC.CCCC.CCCC(C)(C)C. The van der Waals surface area contributed by atoms with Crippen LogP contribution < -0.4 is 0 Å². The van der Waals surface area contributed by atoms with Crippen molar-refractivity contribution in [1.82, 2.24) is 0 Å². The van der Waals surface area contributed by atoms with Crippen molar-refractivity contribution >= 4 is 34.5 Å². The van der Waals surface area contributed by atoms with Gasteiger partial charge in [0, 0.05) is 23.5 Å². The Labute approximate surface area is 373 Å². The fourth-order valence-corrected chi connectivity index (χ4v) is 5.18. The maximum Gasteiger partial charge on any atom is 0.335 e. The summed E-state index contributed by atoms with van der Waals surface area (Å²) in [6.45, 7) is 43.5. The lowest BCUT2D eigenvalue weighted by Gasteiger charge is -2.23. The summed E-state index contributed by atoms with van der Waals surface area (Å²) in [6.07, 6.45) is 16.0. The highest BCUT2D eigenvalue weighted by atomic mass is 35.5. The van der Waals surface area contributed by atoms with E-state index in [1.54, 1.807) is 24.3 Å². The number of unbranched alkanes of at least 4 members (excludes halogenated alkanes) is 2. The smallest absolute Gasteiger partial charge is 0.335 e. The number of furan rings is 1. The van der Waals surface area contributed by atoms with E-state index in [1.165, 1.54) is 44.2 Å². The summed E-state index contributed by atoms with van der Waals surface area (Å²) in [5, 5.41) is 9.20. The van der Waals surface area contributed by atoms with Gasteiger partial charge in [-0.25, -0.2) is 9.18 Å². The summed E-state index contributed by atoms with van der Waals surface area (Å²) in [4.78, 5) is 23.7. The molecule has 0 saturated carbocycles. The molecule has 4 nitrogen and oxygen atoms in total. The van der Waals surface area contributed by atoms with E-state index in [2.05, 4.69) is 108 Å². The minimum Gasteiger partial charge on any atom is -0.478 e. The molecular weight excluding hydrogens is 767 g/mol. The molecule has 0 fully saturated rings. The van der Waals surface area contributed by atoms with Gasteiger partial charge in [0.1, 0.15) is 11.6 Å². The van der Waals surface area contributed by atoms with E-state index in [1.807, 2.05) is 40.7 Å². The van der Waals surface area contributed by atoms with Crippen LogP contribution in [0.4, 0.5) is 4.39 Å². The summed E-state index contributed by atoms with van der Waals surface area (Å²) >= 11 is 5.78. The first-order valence-electron chi connectivity index (χ1n) is 22.2. The van der Waals surface area contributed by atoms with Crippen molar-refractivity contribution in [3.8, 4) is 11.8 Å². The third-order valence-corrected chi connectivity index (χ3v) is 9.08. The van der Waals surface area contributed by atoms with Crippen LogP contribution in [0.3, 0.4) is 0 Å². The molecule has 0 aliphatic rings. The van der Waals surface area contributed by atoms with Gasteiger partial charge >= 0.3 is 5.97 Å². The predicted molar refractivity (Wildman–Crippen MR) is 262 cm³/mol. The van der Waals surface area contributed by atoms with E-state index in [0.29, 0.717) is 39.2 Å². The molecule has 60 heavy (non-hydrogen) atoms. The molecule has 6 heteroatoms. The highest BCUT2D eigenvalue weighted by molar-refractivity contribution is 6.30. The first kappa shape index (κ1) is 60.4. The van der Waals surface area contributed by atoms with Gasteiger partial charge in [0.2, 0.25) is 5.78 Å². The fourth-order valence-electron chi connectivity index (χ4n) is 5.06. The molecule has 338 valence electrons. The van der Waals surface area contributed by atoms with E-state index in [9.17, 15) is 14.0 Å². The Balaban J connectivity index is -0.000000862. The molecule has 1 atom stereocenters. The highest BCUT2D eigenvalue weighted by Crippen LogP contribution is 2.39. The van der Waals surface area contributed by atoms with Gasteiger partial charge in [0.25, 0.3) is 0 Å². The van der Waals surface area contributed by atoms with Gasteiger partial charge in [0.15, 0.2) is 5.76 Å². The van der Waals surface area contributed by atoms with Gasteiger partial charge < -0.3 is 9.52 Å². The van der Waals surface area contributed by atoms with Crippen molar-refractivity contribution in [3.63, 3.8) is 0 Å². The Morgan fingerprint density at radius 3 is 1.87 bits per heavy atom. The molecule has 0 amide bonds. The average molecular weight is 852 g/mol. The number of benzene rings is 1. The molecule has 1 heterocycles. The lowest BCUT2D eigenvalue weighted by atomic mass is 9.82. The fraction of sp³-hybridized carbons (Fsp3) is 0.556. The molecule has 2 aromatic rings. The Morgan fingerprint density at radius 2 is 1.47 bits per heavy atom. The van der Waals surface area contributed by atoms with Crippen LogP contribution in [-0.2, 0) is 4.79 Å². The Kier molecular flexibility index (Phi) is 33.1. The number of hydrogen-bond donors (Lipinski definition) is 1. The minimum absolute atomic E-state index is 0.00343. The van der Waals surface area contributed by atoms with Gasteiger partial charge in [-0.05, 0) is 103 Å². The third-order valence-electron chi connectivity index (χ3n) is 8.77. The van der Waals surface area contributed by atoms with E-state index in [-0.39, 0.29) is 22.1 Å². The van der Waals surface area contributed by atoms with Gasteiger partial charge in [-0.1, -0.05) is 184 Å². The van der Waals surface area contributed by atoms with E-state index < -0.39 is 11.8 Å². The summed E-state index contributed by atoms with van der Waals surface area (Å²) in [7, 11) is 0. The molecule has 0 radical (unpaired) electrons. The first-order valence-corrected chi connectivity index (χ1v) is 22.5. The second-order valence-electron chi connectivity index (χ2n) is 17.4. The zero-order chi connectivity index (χ0) is 47.2. The van der Waals surface area contributed by atoms with E-state index >= 15 is 0 Å². The number of aliphatic carboxylic acids is 1. The number of aryl methyl sites for hydroxylation is 1. The number of halogens is 2. The topological polar surface area (TPSA) is 67.5 Å². The van der Waals surface area contributed by atoms with Crippen LogP contribution in [0.1, 0.15) is 202 Å².